The number of β-amino-alcohol motifs (C(OH)–C–C–N with tert-alkyl or cyclic N) is 1. The SMILES string of the molecule is OC(CN1CCc2ccccc2C1)Cn1ccc(C(F)(F)F)n1. The van der Waals surface area contributed by atoms with Crippen LogP contribution in [0.15, 0.2) is 36.5 Å². The quantitative estimate of drug-likeness (QED) is 0.938. The predicted molar refractivity (Wildman–Crippen MR) is 78.7 cm³/mol. The van der Waals surface area contributed by atoms with E-state index in [2.05, 4.69) is 22.1 Å². The molecule has 1 aliphatic rings. The summed E-state index contributed by atoms with van der Waals surface area (Å²) in [5, 5.41) is 13.6. The molecule has 0 amide bonds. The minimum Gasteiger partial charge on any atom is -0.390 e. The molecule has 2 aromatic rings. The van der Waals surface area contributed by atoms with Crippen LogP contribution in [0.2, 0.25) is 0 Å². The number of aliphatic hydroxyl groups is 1. The van der Waals surface area contributed by atoms with E-state index < -0.39 is 18.0 Å². The fraction of sp³-hybridized carbons (Fsp3) is 0.438. The number of aliphatic hydroxyl groups excluding tert-OH is 1. The predicted octanol–water partition coefficient (Wildman–Crippen LogP) is 2.32. The molecule has 1 aromatic heterocycles. The summed E-state index contributed by atoms with van der Waals surface area (Å²) >= 11 is 0. The second-order valence-corrected chi connectivity index (χ2v) is 5.83. The summed E-state index contributed by atoms with van der Waals surface area (Å²) in [5.74, 6) is 0. The van der Waals surface area contributed by atoms with E-state index in [0.29, 0.717) is 6.54 Å². The first-order valence-electron chi connectivity index (χ1n) is 7.49. The largest absolute Gasteiger partial charge is 0.435 e. The van der Waals surface area contributed by atoms with Crippen molar-refractivity contribution in [3.63, 3.8) is 0 Å². The Morgan fingerprint density at radius 3 is 2.57 bits per heavy atom. The van der Waals surface area contributed by atoms with Crippen molar-refractivity contribution >= 4 is 0 Å². The van der Waals surface area contributed by atoms with Crippen LogP contribution in [0.25, 0.3) is 0 Å². The number of fused-ring (bicyclic) bond motifs is 1. The van der Waals surface area contributed by atoms with Gasteiger partial charge in [0.05, 0.1) is 12.6 Å². The number of rotatable bonds is 4. The lowest BCUT2D eigenvalue weighted by atomic mass is 10.00. The second kappa shape index (κ2) is 6.33. The standard InChI is InChI=1S/C16H18F3N3O/c17-16(18,19)15-6-8-22(20-15)11-14(23)10-21-7-5-12-3-1-2-4-13(12)9-21/h1-4,6,8,14,23H,5,7,9-11H2. The summed E-state index contributed by atoms with van der Waals surface area (Å²) < 4.78 is 38.7. The summed E-state index contributed by atoms with van der Waals surface area (Å²) in [5.41, 5.74) is 1.63. The van der Waals surface area contributed by atoms with Gasteiger partial charge in [-0.25, -0.2) is 0 Å². The molecule has 124 valence electrons. The highest BCUT2D eigenvalue weighted by Gasteiger charge is 2.33. The molecule has 4 nitrogen and oxygen atoms in total. The molecule has 0 fully saturated rings. The van der Waals surface area contributed by atoms with Gasteiger partial charge in [0, 0.05) is 25.8 Å². The van der Waals surface area contributed by atoms with Crippen molar-refractivity contribution in [1.82, 2.24) is 14.7 Å². The van der Waals surface area contributed by atoms with Crippen molar-refractivity contribution in [2.45, 2.75) is 31.8 Å². The fourth-order valence-corrected chi connectivity index (χ4v) is 2.90. The Balaban J connectivity index is 1.56. The maximum atomic E-state index is 12.5. The van der Waals surface area contributed by atoms with Crippen LogP contribution in [0, 0.1) is 0 Å². The summed E-state index contributed by atoms with van der Waals surface area (Å²) in [7, 11) is 0. The van der Waals surface area contributed by atoms with E-state index >= 15 is 0 Å². The highest BCUT2D eigenvalue weighted by Crippen LogP contribution is 2.27. The first-order chi connectivity index (χ1) is 10.9. The monoisotopic (exact) mass is 325 g/mol. The molecule has 1 aromatic carbocycles. The van der Waals surface area contributed by atoms with Gasteiger partial charge in [0.2, 0.25) is 0 Å². The maximum absolute atomic E-state index is 12.5. The van der Waals surface area contributed by atoms with Crippen molar-refractivity contribution in [3.05, 3.63) is 53.3 Å². The van der Waals surface area contributed by atoms with Crippen LogP contribution in [-0.4, -0.2) is 39.0 Å². The Kier molecular flexibility index (Phi) is 4.41. The fourth-order valence-electron chi connectivity index (χ4n) is 2.90. The Morgan fingerprint density at radius 2 is 1.87 bits per heavy atom. The molecule has 1 atom stereocenters. The number of nitrogens with zero attached hydrogens (tertiary/aromatic N) is 3. The summed E-state index contributed by atoms with van der Waals surface area (Å²) in [6.45, 7) is 2.05. The van der Waals surface area contributed by atoms with Crippen molar-refractivity contribution in [2.75, 3.05) is 13.1 Å². The molecule has 2 heterocycles. The maximum Gasteiger partial charge on any atom is 0.435 e. The number of alkyl halides is 3. The summed E-state index contributed by atoms with van der Waals surface area (Å²) in [4.78, 5) is 2.11. The van der Waals surface area contributed by atoms with E-state index in [9.17, 15) is 18.3 Å². The third-order valence-electron chi connectivity index (χ3n) is 4.01. The van der Waals surface area contributed by atoms with Crippen molar-refractivity contribution in [1.29, 1.82) is 0 Å². The van der Waals surface area contributed by atoms with E-state index in [1.807, 2.05) is 12.1 Å². The van der Waals surface area contributed by atoms with Gasteiger partial charge in [-0.15, -0.1) is 0 Å². The molecule has 7 heteroatoms. The minimum atomic E-state index is -4.45. The van der Waals surface area contributed by atoms with Gasteiger partial charge in [0.1, 0.15) is 0 Å². The number of hydrogen-bond donors (Lipinski definition) is 1. The topological polar surface area (TPSA) is 41.3 Å². The van der Waals surface area contributed by atoms with Crippen LogP contribution in [0.5, 0.6) is 0 Å². The molecule has 0 spiro atoms. The van der Waals surface area contributed by atoms with Gasteiger partial charge >= 0.3 is 6.18 Å². The van der Waals surface area contributed by atoms with E-state index in [0.717, 1.165) is 30.3 Å². The van der Waals surface area contributed by atoms with Crippen LogP contribution in [0.1, 0.15) is 16.8 Å². The number of benzene rings is 1. The van der Waals surface area contributed by atoms with Crippen LogP contribution >= 0.6 is 0 Å². The van der Waals surface area contributed by atoms with Crippen molar-refractivity contribution in [2.24, 2.45) is 0 Å². The van der Waals surface area contributed by atoms with Crippen molar-refractivity contribution < 1.29 is 18.3 Å². The zero-order chi connectivity index (χ0) is 16.4. The van der Waals surface area contributed by atoms with Crippen molar-refractivity contribution in [3.8, 4) is 0 Å². The van der Waals surface area contributed by atoms with Gasteiger partial charge in [0.25, 0.3) is 0 Å². The normalized spacial score (nSPS) is 17.0. The molecule has 3 rings (SSSR count). The molecule has 23 heavy (non-hydrogen) atoms. The summed E-state index contributed by atoms with van der Waals surface area (Å²) in [6, 6.07) is 9.09. The van der Waals surface area contributed by atoms with Crippen LogP contribution in [0.3, 0.4) is 0 Å². The van der Waals surface area contributed by atoms with Crippen LogP contribution < -0.4 is 0 Å². The first kappa shape index (κ1) is 16.0. The van der Waals surface area contributed by atoms with Gasteiger partial charge in [-0.1, -0.05) is 24.3 Å². The Bertz CT molecular complexity index is 669. The Labute approximate surface area is 132 Å². The lowest BCUT2D eigenvalue weighted by Crippen LogP contribution is -2.38. The molecule has 1 aliphatic heterocycles. The zero-order valence-corrected chi connectivity index (χ0v) is 12.5. The second-order valence-electron chi connectivity index (χ2n) is 5.83. The van der Waals surface area contributed by atoms with Gasteiger partial charge in [-0.2, -0.15) is 18.3 Å². The third-order valence-corrected chi connectivity index (χ3v) is 4.01. The Morgan fingerprint density at radius 1 is 1.13 bits per heavy atom. The van der Waals surface area contributed by atoms with E-state index in [1.54, 1.807) is 0 Å². The molecule has 0 saturated carbocycles. The highest BCUT2D eigenvalue weighted by atomic mass is 19.4. The van der Waals surface area contributed by atoms with Gasteiger partial charge in [0.15, 0.2) is 5.69 Å². The lowest BCUT2D eigenvalue weighted by Gasteiger charge is -2.30. The molecular weight excluding hydrogens is 307 g/mol. The van der Waals surface area contributed by atoms with Crippen LogP contribution in [-0.2, 0) is 25.7 Å². The molecule has 1 N–H and O–H groups in total. The van der Waals surface area contributed by atoms with E-state index in [1.165, 1.54) is 17.3 Å². The molecule has 0 bridgehead atoms. The van der Waals surface area contributed by atoms with Gasteiger partial charge < -0.3 is 5.11 Å². The lowest BCUT2D eigenvalue weighted by molar-refractivity contribution is -0.141. The first-order valence-corrected chi connectivity index (χ1v) is 7.49. The smallest absolute Gasteiger partial charge is 0.390 e. The molecule has 1 unspecified atom stereocenters. The number of aromatic nitrogens is 2. The molecular formula is C16H18F3N3O. The molecule has 0 saturated heterocycles. The summed E-state index contributed by atoms with van der Waals surface area (Å²) in [6.07, 6.45) is -3.05. The molecule has 0 radical (unpaired) electrons. The Hall–Kier alpha value is -1.86. The van der Waals surface area contributed by atoms with E-state index in [-0.39, 0.29) is 6.54 Å². The highest BCUT2D eigenvalue weighted by molar-refractivity contribution is 5.29. The zero-order valence-electron chi connectivity index (χ0n) is 12.5. The number of halogens is 3. The van der Waals surface area contributed by atoms with Gasteiger partial charge in [-0.3, -0.25) is 9.58 Å². The number of hydrogen-bond acceptors (Lipinski definition) is 3. The third kappa shape index (κ3) is 3.92. The average Bonchev–Trinajstić information content (AvgIpc) is 2.95. The van der Waals surface area contributed by atoms with Crippen LogP contribution in [0.4, 0.5) is 13.2 Å². The average molecular weight is 325 g/mol. The molecule has 0 aliphatic carbocycles. The minimum absolute atomic E-state index is 0.0498. The van der Waals surface area contributed by atoms with E-state index in [4.69, 9.17) is 0 Å². The van der Waals surface area contributed by atoms with Gasteiger partial charge in [-0.05, 0) is 23.6 Å².